The average Bonchev–Trinajstić information content (AvgIpc) is 3.03. The van der Waals surface area contributed by atoms with Crippen LogP contribution < -0.4 is 5.73 Å². The Bertz CT molecular complexity index is 929. The molecule has 0 spiro atoms. The molecular weight excluding hydrogens is 385 g/mol. The van der Waals surface area contributed by atoms with Crippen LogP contribution >= 0.6 is 22.9 Å². The van der Waals surface area contributed by atoms with Crippen molar-refractivity contribution >= 4 is 28.8 Å². The maximum atomic E-state index is 13.5. The van der Waals surface area contributed by atoms with Crippen molar-refractivity contribution in [3.8, 4) is 0 Å². The van der Waals surface area contributed by atoms with E-state index in [2.05, 4.69) is 4.98 Å². The lowest BCUT2D eigenvalue weighted by Gasteiger charge is -2.25. The summed E-state index contributed by atoms with van der Waals surface area (Å²) in [4.78, 5) is 18.4. The molecule has 140 valence electrons. The van der Waals surface area contributed by atoms with Crippen molar-refractivity contribution in [2.24, 2.45) is 5.73 Å². The Morgan fingerprint density at radius 3 is 2.70 bits per heavy atom. The molecule has 0 saturated carbocycles. The van der Waals surface area contributed by atoms with Crippen molar-refractivity contribution in [2.75, 3.05) is 7.05 Å². The number of likely N-dealkylation sites (N-methyl/N-ethyl adjacent to an activating group) is 1. The van der Waals surface area contributed by atoms with Crippen LogP contribution in [0, 0.1) is 5.82 Å². The van der Waals surface area contributed by atoms with Gasteiger partial charge in [-0.3, -0.25) is 9.69 Å². The number of halogens is 2. The fourth-order valence-corrected chi connectivity index (χ4v) is 3.88. The van der Waals surface area contributed by atoms with Crippen molar-refractivity contribution in [2.45, 2.75) is 19.0 Å². The molecule has 2 aromatic carbocycles. The molecule has 0 bridgehead atoms. The summed E-state index contributed by atoms with van der Waals surface area (Å²) in [5.74, 6) is -0.925. The Balaban J connectivity index is 1.71. The maximum Gasteiger partial charge on any atom is 0.239 e. The second kappa shape index (κ2) is 8.61. The predicted octanol–water partition coefficient (Wildman–Crippen LogP) is 4.18. The highest BCUT2D eigenvalue weighted by Gasteiger charge is 2.24. The average molecular weight is 404 g/mol. The second-order valence-corrected chi connectivity index (χ2v) is 7.69. The van der Waals surface area contributed by atoms with Gasteiger partial charge in [0.05, 0.1) is 10.7 Å². The van der Waals surface area contributed by atoms with E-state index in [0.717, 1.165) is 16.3 Å². The van der Waals surface area contributed by atoms with Crippen molar-refractivity contribution in [1.82, 2.24) is 9.88 Å². The molecular formula is C20H19ClFN3OS. The number of hydrogen-bond donors (Lipinski definition) is 1. The SMILES string of the molecule is CN(Cc1csc(Cc2ccc(Cl)cc2)n1)C(C(N)=O)c1cccc(F)c1. The highest BCUT2D eigenvalue weighted by atomic mass is 35.5. The van der Waals surface area contributed by atoms with Crippen LogP contribution in [-0.4, -0.2) is 22.8 Å². The van der Waals surface area contributed by atoms with Crippen LogP contribution in [0.4, 0.5) is 4.39 Å². The molecule has 0 radical (unpaired) electrons. The fourth-order valence-electron chi connectivity index (χ4n) is 2.94. The van der Waals surface area contributed by atoms with Gasteiger partial charge in [-0.15, -0.1) is 11.3 Å². The zero-order chi connectivity index (χ0) is 19.4. The Morgan fingerprint density at radius 2 is 2.04 bits per heavy atom. The van der Waals surface area contributed by atoms with Gasteiger partial charge < -0.3 is 5.73 Å². The van der Waals surface area contributed by atoms with Gasteiger partial charge in [0, 0.05) is 23.4 Å². The molecule has 1 heterocycles. The van der Waals surface area contributed by atoms with Crippen LogP contribution in [0.25, 0.3) is 0 Å². The summed E-state index contributed by atoms with van der Waals surface area (Å²) >= 11 is 7.47. The van der Waals surface area contributed by atoms with Gasteiger partial charge in [-0.1, -0.05) is 35.9 Å². The third kappa shape index (κ3) is 5.13. The lowest BCUT2D eigenvalue weighted by atomic mass is 10.0. The van der Waals surface area contributed by atoms with Crippen molar-refractivity contribution < 1.29 is 9.18 Å². The number of carbonyl (C=O) groups excluding carboxylic acids is 1. The summed E-state index contributed by atoms with van der Waals surface area (Å²) in [6.07, 6.45) is 0.717. The number of rotatable bonds is 7. The minimum atomic E-state index is -0.720. The van der Waals surface area contributed by atoms with Crippen LogP contribution in [0.2, 0.25) is 5.02 Å². The molecule has 4 nitrogen and oxygen atoms in total. The molecule has 0 aliphatic rings. The zero-order valence-corrected chi connectivity index (χ0v) is 16.3. The van der Waals surface area contributed by atoms with Crippen molar-refractivity contribution in [1.29, 1.82) is 0 Å². The van der Waals surface area contributed by atoms with E-state index in [4.69, 9.17) is 17.3 Å². The molecule has 2 N–H and O–H groups in total. The van der Waals surface area contributed by atoms with Gasteiger partial charge in [0.25, 0.3) is 0 Å². The van der Waals surface area contributed by atoms with E-state index in [-0.39, 0.29) is 0 Å². The quantitative estimate of drug-likeness (QED) is 0.643. The molecule has 0 saturated heterocycles. The molecule has 1 atom stereocenters. The minimum Gasteiger partial charge on any atom is -0.368 e. The first-order valence-electron chi connectivity index (χ1n) is 8.35. The first kappa shape index (κ1) is 19.5. The van der Waals surface area contributed by atoms with Gasteiger partial charge in [-0.25, -0.2) is 9.37 Å². The highest BCUT2D eigenvalue weighted by Crippen LogP contribution is 2.23. The van der Waals surface area contributed by atoms with E-state index in [9.17, 15) is 9.18 Å². The lowest BCUT2D eigenvalue weighted by molar-refractivity contribution is -0.123. The van der Waals surface area contributed by atoms with Crippen LogP contribution in [0.1, 0.15) is 27.9 Å². The molecule has 0 aliphatic carbocycles. The lowest BCUT2D eigenvalue weighted by Crippen LogP contribution is -2.35. The topological polar surface area (TPSA) is 59.2 Å². The summed E-state index contributed by atoms with van der Waals surface area (Å²) in [6, 6.07) is 12.9. The standard InChI is InChI=1S/C20H19ClFN3OS/c1-25(19(20(23)26)14-3-2-4-16(22)10-14)11-17-12-27-18(24-17)9-13-5-7-15(21)8-6-13/h2-8,10,12,19H,9,11H2,1H3,(H2,23,26). The van der Waals surface area contributed by atoms with Crippen molar-refractivity contribution in [3.63, 3.8) is 0 Å². The van der Waals surface area contributed by atoms with Gasteiger partial charge >= 0.3 is 0 Å². The molecule has 3 aromatic rings. The number of nitrogens with two attached hydrogens (primary N) is 1. The van der Waals surface area contributed by atoms with Crippen LogP contribution in [-0.2, 0) is 17.8 Å². The number of carbonyl (C=O) groups is 1. The maximum absolute atomic E-state index is 13.5. The number of nitrogens with zero attached hydrogens (tertiary/aromatic N) is 2. The summed E-state index contributed by atoms with van der Waals surface area (Å²) < 4.78 is 13.5. The first-order valence-corrected chi connectivity index (χ1v) is 9.61. The van der Waals surface area contributed by atoms with Crippen LogP contribution in [0.3, 0.4) is 0 Å². The molecule has 7 heteroatoms. The number of benzene rings is 2. The van der Waals surface area contributed by atoms with E-state index >= 15 is 0 Å². The third-order valence-corrected chi connectivity index (χ3v) is 5.30. The van der Waals surface area contributed by atoms with Crippen LogP contribution in [0.15, 0.2) is 53.9 Å². The zero-order valence-electron chi connectivity index (χ0n) is 14.7. The molecule has 3 rings (SSSR count). The Morgan fingerprint density at radius 1 is 1.30 bits per heavy atom. The molecule has 1 unspecified atom stereocenters. The molecule has 0 fully saturated rings. The van der Waals surface area contributed by atoms with E-state index < -0.39 is 17.8 Å². The molecule has 1 aromatic heterocycles. The van der Waals surface area contributed by atoms with Gasteiger partial charge in [-0.2, -0.15) is 0 Å². The highest BCUT2D eigenvalue weighted by molar-refractivity contribution is 7.09. The molecule has 27 heavy (non-hydrogen) atoms. The summed E-state index contributed by atoms with van der Waals surface area (Å²) in [5, 5.41) is 3.64. The van der Waals surface area contributed by atoms with Crippen LogP contribution in [0.5, 0.6) is 0 Å². The van der Waals surface area contributed by atoms with E-state index in [1.54, 1.807) is 35.4 Å². The monoisotopic (exact) mass is 403 g/mol. The van der Waals surface area contributed by atoms with Gasteiger partial charge in [-0.05, 0) is 42.4 Å². The fraction of sp³-hybridized carbons (Fsp3) is 0.200. The smallest absolute Gasteiger partial charge is 0.239 e. The number of hydrogen-bond acceptors (Lipinski definition) is 4. The third-order valence-electron chi connectivity index (χ3n) is 4.15. The van der Waals surface area contributed by atoms with E-state index in [0.29, 0.717) is 23.6 Å². The summed E-state index contributed by atoms with van der Waals surface area (Å²) in [6.45, 7) is 0.432. The predicted molar refractivity (Wildman–Crippen MR) is 106 cm³/mol. The van der Waals surface area contributed by atoms with Crippen molar-refractivity contribution in [3.05, 3.63) is 86.6 Å². The summed E-state index contributed by atoms with van der Waals surface area (Å²) in [7, 11) is 1.78. The first-order chi connectivity index (χ1) is 12.9. The Hall–Kier alpha value is -2.28. The number of aromatic nitrogens is 1. The summed E-state index contributed by atoms with van der Waals surface area (Å²) in [5.41, 5.74) is 8.06. The van der Waals surface area contributed by atoms with Gasteiger partial charge in [0.1, 0.15) is 11.9 Å². The number of primary amides is 1. The largest absolute Gasteiger partial charge is 0.368 e. The van der Waals surface area contributed by atoms with Gasteiger partial charge in [0.15, 0.2) is 0 Å². The van der Waals surface area contributed by atoms with E-state index in [1.165, 1.54) is 12.1 Å². The number of amides is 1. The van der Waals surface area contributed by atoms with E-state index in [1.807, 2.05) is 29.6 Å². The number of thiazole rings is 1. The second-order valence-electron chi connectivity index (χ2n) is 6.31. The molecule has 0 aliphatic heterocycles. The minimum absolute atomic E-state index is 0.397. The Labute approximate surface area is 166 Å². The van der Waals surface area contributed by atoms with Gasteiger partial charge in [0.2, 0.25) is 5.91 Å². The normalized spacial score (nSPS) is 12.3. The molecule has 1 amide bonds. The Kier molecular flexibility index (Phi) is 6.21.